The van der Waals surface area contributed by atoms with Crippen molar-refractivity contribution in [1.29, 1.82) is 0 Å². The molecule has 10 heteroatoms. The van der Waals surface area contributed by atoms with E-state index in [1.807, 2.05) is 4.90 Å². The zero-order valence-electron chi connectivity index (χ0n) is 18.8. The van der Waals surface area contributed by atoms with Gasteiger partial charge in [0.2, 0.25) is 5.95 Å². The summed E-state index contributed by atoms with van der Waals surface area (Å²) in [5.41, 5.74) is 1.20. The lowest BCUT2D eigenvalue weighted by Gasteiger charge is -2.34. The third-order valence-corrected chi connectivity index (χ3v) is 5.92. The number of hydrogen-bond donors (Lipinski definition) is 1. The lowest BCUT2D eigenvalue weighted by atomic mass is 10.1. The number of amides is 1. The molecule has 0 radical (unpaired) electrons. The molecule has 1 amide bonds. The maximum atomic E-state index is 14.5. The molecule has 176 valence electrons. The minimum Gasteiger partial charge on any atom is -0.486 e. The van der Waals surface area contributed by atoms with E-state index < -0.39 is 5.82 Å². The predicted octanol–water partition coefficient (Wildman–Crippen LogP) is 2.97. The molecule has 0 aliphatic carbocycles. The first-order valence-electron chi connectivity index (χ1n) is 11.3. The van der Waals surface area contributed by atoms with Crippen LogP contribution >= 0.6 is 0 Å². The molecule has 0 bridgehead atoms. The molecule has 5 rings (SSSR count). The van der Waals surface area contributed by atoms with Gasteiger partial charge in [-0.25, -0.2) is 19.3 Å². The van der Waals surface area contributed by atoms with E-state index >= 15 is 0 Å². The van der Waals surface area contributed by atoms with Gasteiger partial charge in [-0.3, -0.25) is 4.79 Å². The SMILES string of the molecule is CCN1CCN(C(=O)c2ccc(Nc3ncc(F)c(-c4ccc5c(c4)OCCO5)n3)nc2)CC1. The highest BCUT2D eigenvalue weighted by Crippen LogP contribution is 2.34. The van der Waals surface area contributed by atoms with Crippen molar-refractivity contribution in [2.75, 3.05) is 51.3 Å². The van der Waals surface area contributed by atoms with Crippen molar-refractivity contribution in [3.05, 3.63) is 54.1 Å². The number of carbonyl (C=O) groups excluding carboxylic acids is 1. The zero-order valence-corrected chi connectivity index (χ0v) is 18.8. The Morgan fingerprint density at radius 3 is 2.56 bits per heavy atom. The molecule has 1 N–H and O–H groups in total. The Labute approximate surface area is 196 Å². The summed E-state index contributed by atoms with van der Waals surface area (Å²) in [6.07, 6.45) is 2.64. The second-order valence-electron chi connectivity index (χ2n) is 8.03. The van der Waals surface area contributed by atoms with Gasteiger partial charge in [0.1, 0.15) is 24.7 Å². The van der Waals surface area contributed by atoms with Gasteiger partial charge in [-0.15, -0.1) is 0 Å². The van der Waals surface area contributed by atoms with Crippen LogP contribution in [0, 0.1) is 5.82 Å². The maximum Gasteiger partial charge on any atom is 0.255 e. The summed E-state index contributed by atoms with van der Waals surface area (Å²) in [5.74, 6) is 1.22. The summed E-state index contributed by atoms with van der Waals surface area (Å²) in [4.78, 5) is 29.6. The monoisotopic (exact) mass is 464 g/mol. The molecule has 2 aromatic heterocycles. The average molecular weight is 465 g/mol. The van der Waals surface area contributed by atoms with E-state index in [1.54, 1.807) is 30.3 Å². The summed E-state index contributed by atoms with van der Waals surface area (Å²) < 4.78 is 25.6. The van der Waals surface area contributed by atoms with Crippen LogP contribution in [0.15, 0.2) is 42.7 Å². The summed E-state index contributed by atoms with van der Waals surface area (Å²) >= 11 is 0. The van der Waals surface area contributed by atoms with E-state index in [1.165, 1.54) is 6.20 Å². The van der Waals surface area contributed by atoms with E-state index in [9.17, 15) is 9.18 Å². The smallest absolute Gasteiger partial charge is 0.255 e. The summed E-state index contributed by atoms with van der Waals surface area (Å²) in [7, 11) is 0. The number of nitrogens with zero attached hydrogens (tertiary/aromatic N) is 5. The van der Waals surface area contributed by atoms with Gasteiger partial charge < -0.3 is 24.6 Å². The first kappa shape index (κ1) is 22.0. The van der Waals surface area contributed by atoms with Crippen molar-refractivity contribution in [3.63, 3.8) is 0 Å². The van der Waals surface area contributed by atoms with Gasteiger partial charge in [0.25, 0.3) is 5.91 Å². The van der Waals surface area contributed by atoms with Crippen LogP contribution in [0.25, 0.3) is 11.3 Å². The number of hydrogen-bond acceptors (Lipinski definition) is 8. The van der Waals surface area contributed by atoms with Crippen LogP contribution in [0.1, 0.15) is 17.3 Å². The number of likely N-dealkylation sites (N-methyl/N-ethyl adjacent to an activating group) is 1. The van der Waals surface area contributed by atoms with Crippen LogP contribution in [-0.2, 0) is 0 Å². The molecule has 1 fully saturated rings. The molecule has 4 heterocycles. The van der Waals surface area contributed by atoms with Crippen LogP contribution in [0.5, 0.6) is 11.5 Å². The van der Waals surface area contributed by atoms with Crippen molar-refractivity contribution in [3.8, 4) is 22.8 Å². The molecule has 1 saturated heterocycles. The minimum atomic E-state index is -0.556. The molecule has 9 nitrogen and oxygen atoms in total. The summed E-state index contributed by atoms with van der Waals surface area (Å²) in [6.45, 7) is 7.20. The molecular weight excluding hydrogens is 439 g/mol. The number of rotatable bonds is 5. The Morgan fingerprint density at radius 1 is 1.03 bits per heavy atom. The first-order chi connectivity index (χ1) is 16.6. The van der Waals surface area contributed by atoms with Crippen LogP contribution in [0.2, 0.25) is 0 Å². The molecule has 34 heavy (non-hydrogen) atoms. The zero-order chi connectivity index (χ0) is 23.5. The Balaban J connectivity index is 1.29. The van der Waals surface area contributed by atoms with Gasteiger partial charge in [0.15, 0.2) is 17.3 Å². The number of halogens is 1. The number of pyridine rings is 1. The van der Waals surface area contributed by atoms with E-state index in [4.69, 9.17) is 9.47 Å². The summed E-state index contributed by atoms with van der Waals surface area (Å²) in [5, 5.41) is 2.98. The lowest BCUT2D eigenvalue weighted by Crippen LogP contribution is -2.48. The quantitative estimate of drug-likeness (QED) is 0.616. The predicted molar refractivity (Wildman–Crippen MR) is 124 cm³/mol. The van der Waals surface area contributed by atoms with E-state index in [0.29, 0.717) is 54.7 Å². The Kier molecular flexibility index (Phi) is 6.22. The van der Waals surface area contributed by atoms with E-state index in [2.05, 4.69) is 32.1 Å². The first-order valence-corrected chi connectivity index (χ1v) is 11.3. The van der Waals surface area contributed by atoms with Crippen molar-refractivity contribution in [2.24, 2.45) is 0 Å². The Bertz CT molecular complexity index is 1180. The molecule has 0 unspecified atom stereocenters. The van der Waals surface area contributed by atoms with Crippen molar-refractivity contribution in [2.45, 2.75) is 6.92 Å². The number of aromatic nitrogens is 3. The number of nitrogens with one attached hydrogen (secondary N) is 1. The number of ether oxygens (including phenoxy) is 2. The van der Waals surface area contributed by atoms with Crippen molar-refractivity contribution in [1.82, 2.24) is 24.8 Å². The molecule has 0 atom stereocenters. The minimum absolute atomic E-state index is 0.0336. The second kappa shape index (κ2) is 9.60. The van der Waals surface area contributed by atoms with Crippen LogP contribution in [-0.4, -0.2) is 76.6 Å². The number of piperazine rings is 1. The van der Waals surface area contributed by atoms with E-state index in [0.717, 1.165) is 25.8 Å². The molecule has 0 spiro atoms. The van der Waals surface area contributed by atoms with E-state index in [-0.39, 0.29) is 17.5 Å². The number of carbonyl (C=O) groups is 1. The van der Waals surface area contributed by atoms with Gasteiger partial charge in [0.05, 0.1) is 11.8 Å². The third-order valence-electron chi connectivity index (χ3n) is 5.92. The van der Waals surface area contributed by atoms with Crippen LogP contribution < -0.4 is 14.8 Å². The number of anilines is 2. The molecule has 1 aromatic carbocycles. The standard InChI is InChI=1S/C24H25FN6O3/c1-2-30-7-9-31(10-8-30)23(32)17-4-6-21(26-14-17)28-24-27-15-18(25)22(29-24)16-3-5-19-20(13-16)34-12-11-33-19/h3-6,13-15H,2,7-12H2,1H3,(H,26,27,28,29). The average Bonchev–Trinajstić information content (AvgIpc) is 2.89. The van der Waals surface area contributed by atoms with Crippen molar-refractivity contribution >= 4 is 17.7 Å². The van der Waals surface area contributed by atoms with Crippen molar-refractivity contribution < 1.29 is 18.7 Å². The fourth-order valence-corrected chi connectivity index (χ4v) is 3.98. The third kappa shape index (κ3) is 4.62. The molecule has 2 aliphatic rings. The highest BCUT2D eigenvalue weighted by molar-refractivity contribution is 5.94. The normalized spacial score (nSPS) is 15.8. The topological polar surface area (TPSA) is 92.7 Å². The maximum absolute atomic E-state index is 14.5. The van der Waals surface area contributed by atoms with Gasteiger partial charge in [-0.05, 0) is 36.9 Å². The summed E-state index contributed by atoms with van der Waals surface area (Å²) in [6, 6.07) is 8.56. The highest BCUT2D eigenvalue weighted by Gasteiger charge is 2.22. The van der Waals surface area contributed by atoms with Crippen LogP contribution in [0.3, 0.4) is 0 Å². The fourth-order valence-electron chi connectivity index (χ4n) is 3.98. The number of benzene rings is 1. The molecule has 2 aliphatic heterocycles. The molecule has 3 aromatic rings. The van der Waals surface area contributed by atoms with Gasteiger partial charge in [0, 0.05) is 37.9 Å². The Morgan fingerprint density at radius 2 is 1.82 bits per heavy atom. The molecular formula is C24H25FN6O3. The fraction of sp³-hybridized carbons (Fsp3) is 0.333. The largest absolute Gasteiger partial charge is 0.486 e. The van der Waals surface area contributed by atoms with Gasteiger partial charge in [-0.1, -0.05) is 6.92 Å². The number of fused-ring (bicyclic) bond motifs is 1. The Hall–Kier alpha value is -3.79. The highest BCUT2D eigenvalue weighted by atomic mass is 19.1. The lowest BCUT2D eigenvalue weighted by molar-refractivity contribution is 0.0643. The van der Waals surface area contributed by atoms with Crippen LogP contribution in [0.4, 0.5) is 16.2 Å². The van der Waals surface area contributed by atoms with Gasteiger partial charge in [-0.2, -0.15) is 0 Å². The molecule has 0 saturated carbocycles. The van der Waals surface area contributed by atoms with Gasteiger partial charge >= 0.3 is 0 Å². The second-order valence-corrected chi connectivity index (χ2v) is 8.03.